The lowest BCUT2D eigenvalue weighted by atomic mass is 10.2. The number of nitrogens with two attached hydrogens (primary N) is 3. The predicted octanol–water partition coefficient (Wildman–Crippen LogP) is 21.7. The van der Waals surface area contributed by atoms with Crippen LogP contribution in [0.4, 0.5) is 91.9 Å². The van der Waals surface area contributed by atoms with E-state index in [2.05, 4.69) is 189 Å². The van der Waals surface area contributed by atoms with Gasteiger partial charge < -0.3 is 72.8 Å². The minimum atomic E-state index is -4.57. The molecule has 14 heterocycles. The zero-order valence-corrected chi connectivity index (χ0v) is 80.3. The van der Waals surface area contributed by atoms with Crippen LogP contribution < -0.4 is 72.8 Å². The molecule has 0 aliphatic carbocycles. The van der Waals surface area contributed by atoms with Crippen LogP contribution in [-0.4, -0.2) is 159 Å². The van der Waals surface area contributed by atoms with Crippen molar-refractivity contribution >= 4 is 197 Å². The van der Waals surface area contributed by atoms with Crippen LogP contribution in [0, 0.1) is 6.92 Å². The van der Waals surface area contributed by atoms with Crippen molar-refractivity contribution in [3.63, 3.8) is 0 Å². The molecule has 6 amide bonds. The average molecular weight is 2150 g/mol. The molecule has 0 saturated carbocycles. The van der Waals surface area contributed by atoms with E-state index in [1.54, 1.807) is 176 Å². The molecule has 23 rings (SSSR count). The zero-order chi connectivity index (χ0) is 105. The molecule has 14 aromatic heterocycles. The molecule has 23 aromatic rings. The number of nitrogens with zero attached hydrogens (tertiary/aromatic N) is 21. The van der Waals surface area contributed by atoms with Crippen LogP contribution >= 0.6 is 50.9 Å². The minimum absolute atomic E-state index is 0.114. The van der Waals surface area contributed by atoms with Gasteiger partial charge in [-0.1, -0.05) is 50.9 Å². The molecule has 9 aromatic carbocycles. The number of benzene rings is 9. The van der Waals surface area contributed by atoms with Crippen LogP contribution in [0.3, 0.4) is 0 Å². The topological polar surface area (TPSA) is 629 Å². The van der Waals surface area contributed by atoms with Gasteiger partial charge in [-0.05, 0) is 219 Å². The number of halogens is 9. The maximum absolute atomic E-state index is 12.8. The summed E-state index contributed by atoms with van der Waals surface area (Å²) in [5.41, 5.74) is 25.3. The van der Waals surface area contributed by atoms with Gasteiger partial charge in [0.1, 0.15) is 110 Å². The zero-order valence-electron chi connectivity index (χ0n) is 76.4. The van der Waals surface area contributed by atoms with Gasteiger partial charge >= 0.3 is 30.4 Å². The number of carbonyl (C=O) groups excluding carboxylic acids is 3. The molecule has 19 N–H and O–H groups in total. The summed E-state index contributed by atoms with van der Waals surface area (Å²) in [6.07, 6.45) is 12.1. The monoisotopic (exact) mass is 2150 g/mol. The first kappa shape index (κ1) is 102. The third-order valence-corrected chi connectivity index (χ3v) is 22.4. The predicted molar refractivity (Wildman–Crippen MR) is 548 cm³/mol. The summed E-state index contributed by atoms with van der Waals surface area (Å²) >= 11 is 16.3. The third-order valence-electron chi connectivity index (χ3n) is 20.2. The van der Waals surface area contributed by atoms with Crippen molar-refractivity contribution in [1.82, 2.24) is 141 Å². The van der Waals surface area contributed by atoms with E-state index in [0.717, 1.165) is 88.9 Å². The van der Waals surface area contributed by atoms with E-state index in [0.29, 0.717) is 142 Å². The fourth-order valence-corrected chi connectivity index (χ4v) is 14.5. The molecule has 0 saturated heterocycles. The second-order valence-corrected chi connectivity index (χ2v) is 33.3. The molecule has 150 heavy (non-hydrogen) atoms. The number of H-pyrrole nitrogens is 7. The van der Waals surface area contributed by atoms with Crippen molar-refractivity contribution in [2.75, 3.05) is 49.1 Å². The molecule has 0 aliphatic rings. The molecule has 0 unspecified atom stereocenters. The van der Waals surface area contributed by atoms with Crippen LogP contribution in [0.25, 0.3) is 77.2 Å². The highest BCUT2D eigenvalue weighted by Gasteiger charge is 2.34. The summed E-state index contributed by atoms with van der Waals surface area (Å²) in [6.45, 7) is 1.93. The number of hydrogen-bond donors (Lipinski definition) is 16. The Bertz CT molecular complexity index is 8470. The Labute approximate surface area is 859 Å². The van der Waals surface area contributed by atoms with Gasteiger partial charge in [-0.15, -0.1) is 0 Å². The standard InChI is InChI=1S/C19H12ClF3N6O2.C19H13F3N6O2.C18H13BrN6O2.C12H11N5O.C11H9N5O.C11H9N5S.C5H3ClN4/c20-15-7-11(3-6-14(15)19(21,22)23)28-18(30)27-10-1-4-12(5-2-10)31-17-13-8-26-29-16(13)24-9-25-17;20-19(21,22)11-1-3-12(4-2-11)26-18(29)27-13-5-7-14(8-6-13)30-17-15-9-25-28-16(15)23-10-24-17;19-11-1-3-12(4-2-11)23-18(26)24-13-5-7-14(8-6-13)27-17-15-9-22-25-16(15)20-10-21-17;1-7-4-8(2-3-10(7)13)18-12-9-5-16-17-11(9)14-6-15-12;2*12-7-1-3-8(4-2-7)17-11-9-5-15-16-10(9)13-6-14-11;6-4-3-1-9-10-5(3)8-2-7-4/h1-9H,(H2,27,28,30)(H,24,25,26,29);1-10H,(H2,26,27,29)(H,23,24,25,28);1-10H,(H2,23,24,26)(H,20,21,22,25);2-6H,13H2,1H3,(H,14,15,16,17);2*1-6H,12H2,(H,13,14,15,16);1-2H,(H,7,8,9,10). The smallest absolute Gasteiger partial charge is 0.417 e. The largest absolute Gasteiger partial charge is 0.438 e. The first-order chi connectivity index (χ1) is 72.6. The van der Waals surface area contributed by atoms with Crippen molar-refractivity contribution in [3.8, 4) is 58.1 Å². The Balaban J connectivity index is 0.000000122. The number of hydrogen-bond acceptors (Lipinski definition) is 33. The molecule has 0 radical (unpaired) electrons. The summed E-state index contributed by atoms with van der Waals surface area (Å²) in [6, 6.07) is 52.9. The van der Waals surface area contributed by atoms with E-state index in [-0.39, 0.29) is 17.4 Å². The highest BCUT2D eigenvalue weighted by atomic mass is 79.9. The first-order valence-corrected chi connectivity index (χ1v) is 45.6. The second-order valence-electron chi connectivity index (χ2n) is 30.5. The number of nitrogen functional groups attached to an aromatic ring is 3. The Morgan fingerprint density at radius 2 is 0.607 bits per heavy atom. The number of fused-ring (bicyclic) bond motifs is 7. The van der Waals surface area contributed by atoms with Gasteiger partial charge in [0.25, 0.3) is 0 Å². The highest BCUT2D eigenvalue weighted by Crippen LogP contribution is 2.39. The number of ether oxygens (including phenoxy) is 5. The van der Waals surface area contributed by atoms with Gasteiger partial charge in [0.15, 0.2) is 39.5 Å². The molecule has 0 spiro atoms. The summed E-state index contributed by atoms with van der Waals surface area (Å²) < 4.78 is 105. The van der Waals surface area contributed by atoms with E-state index < -0.39 is 40.6 Å². The number of urea groups is 3. The number of amides is 6. The van der Waals surface area contributed by atoms with Crippen molar-refractivity contribution in [3.05, 3.63) is 325 Å². The Kier molecular flexibility index (Phi) is 31.8. The maximum atomic E-state index is 12.8. The van der Waals surface area contributed by atoms with E-state index in [1.807, 2.05) is 49.4 Å². The van der Waals surface area contributed by atoms with Gasteiger partial charge in [0.05, 0.1) is 70.3 Å². The number of aromatic amines is 7. The summed E-state index contributed by atoms with van der Waals surface area (Å²) in [5.74, 6) is 4.85. The lowest BCUT2D eigenvalue weighted by Crippen LogP contribution is -2.19. The first-order valence-electron chi connectivity index (χ1n) is 43.2. The highest BCUT2D eigenvalue weighted by molar-refractivity contribution is 9.10. The quantitative estimate of drug-likeness (QED) is 0.0215. The molecule has 45 nitrogen and oxygen atoms in total. The lowest BCUT2D eigenvalue weighted by Gasteiger charge is -2.12. The maximum Gasteiger partial charge on any atom is 0.417 e. The SMILES string of the molecule is Cc1cc(Oc2ncnc3[nH]ncc23)ccc1N.Clc1ncnc2[nH]ncc12.Nc1ccc(Oc2ncnc3[nH]ncc23)cc1.Nc1ccc(Sc2ncnc3[nH]ncc23)cc1.O=C(Nc1ccc(Br)cc1)Nc1ccc(Oc2ncnc3[nH]ncc23)cc1.O=C(Nc1ccc(Oc2ncnc3[nH]ncc23)cc1)Nc1ccc(C(F)(F)F)c(Cl)c1.O=C(Nc1ccc(Oc2ncnc3[nH]ncc23)cc1)Nc1ccc(C(F)(F)F)cc1. The second kappa shape index (κ2) is 47.0. The van der Waals surface area contributed by atoms with Crippen LogP contribution in [0.2, 0.25) is 10.2 Å². The number of nitrogens with one attached hydrogen (secondary N) is 13. The van der Waals surface area contributed by atoms with Crippen molar-refractivity contribution in [1.29, 1.82) is 0 Å². The average Bonchev–Trinajstić information content (AvgIpc) is 1.53. The normalized spacial score (nSPS) is 10.9. The van der Waals surface area contributed by atoms with Gasteiger partial charge in [-0.25, -0.2) is 84.2 Å². The molecule has 0 fully saturated rings. The summed E-state index contributed by atoms with van der Waals surface area (Å²) in [5, 5.41) is 67.8. The van der Waals surface area contributed by atoms with Gasteiger partial charge in [0, 0.05) is 60.6 Å². The Hall–Kier alpha value is -20.0. The molecule has 55 heteroatoms. The van der Waals surface area contributed by atoms with Gasteiger partial charge in [-0.2, -0.15) is 62.0 Å². The Morgan fingerprint density at radius 1 is 0.320 bits per heavy atom. The van der Waals surface area contributed by atoms with E-state index in [4.69, 9.17) is 64.1 Å². The minimum Gasteiger partial charge on any atom is -0.438 e. The van der Waals surface area contributed by atoms with Crippen molar-refractivity contribution < 1.29 is 64.4 Å². The lowest BCUT2D eigenvalue weighted by molar-refractivity contribution is -0.138. The fraction of sp³-hybridized carbons (Fsp3) is 0.0316. The molecular weight excluding hydrogens is 2080 g/mol. The molecule has 752 valence electrons. The van der Waals surface area contributed by atoms with E-state index in [1.165, 1.54) is 56.4 Å². The van der Waals surface area contributed by atoms with Crippen LogP contribution in [-0.2, 0) is 12.4 Å². The number of anilines is 9. The number of aromatic nitrogens is 28. The van der Waals surface area contributed by atoms with Crippen LogP contribution in [0.5, 0.6) is 58.1 Å². The van der Waals surface area contributed by atoms with E-state index in [9.17, 15) is 40.7 Å². The Morgan fingerprint density at radius 3 is 0.953 bits per heavy atom. The van der Waals surface area contributed by atoms with Crippen LogP contribution in [0.15, 0.2) is 308 Å². The summed E-state index contributed by atoms with van der Waals surface area (Å²) in [7, 11) is 0. The van der Waals surface area contributed by atoms with Crippen LogP contribution in [0.1, 0.15) is 16.7 Å². The number of rotatable bonds is 18. The summed E-state index contributed by atoms with van der Waals surface area (Å²) in [4.78, 5) is 94.0. The number of alkyl halides is 6. The van der Waals surface area contributed by atoms with Gasteiger partial charge in [0.2, 0.25) is 29.4 Å². The molecular formula is C95H70BrCl2F6N37O8S. The fourth-order valence-electron chi connectivity index (χ4n) is 12.9. The van der Waals surface area contributed by atoms with E-state index >= 15 is 0 Å². The van der Waals surface area contributed by atoms with Gasteiger partial charge in [-0.3, -0.25) is 35.7 Å². The molecule has 0 bridgehead atoms. The molecule has 0 atom stereocenters. The number of carbonyl (C=O) groups is 3. The third kappa shape index (κ3) is 27.1. The van der Waals surface area contributed by atoms with Crippen molar-refractivity contribution in [2.45, 2.75) is 29.2 Å². The molecule has 0 aliphatic heterocycles. The number of aryl methyl sites for hydroxylation is 1. The van der Waals surface area contributed by atoms with Crippen molar-refractivity contribution in [2.24, 2.45) is 0 Å².